The summed E-state index contributed by atoms with van der Waals surface area (Å²) < 4.78 is 5.22. The highest BCUT2D eigenvalue weighted by Gasteiger charge is 2.12. The number of esters is 1. The molecule has 0 N–H and O–H groups in total. The first-order valence-corrected chi connectivity index (χ1v) is 6.52. The summed E-state index contributed by atoms with van der Waals surface area (Å²) in [4.78, 5) is 15.7. The number of para-hydroxylation sites is 1. The van der Waals surface area contributed by atoms with Gasteiger partial charge in [0.2, 0.25) is 0 Å². The van der Waals surface area contributed by atoms with Gasteiger partial charge in [0.1, 0.15) is 11.3 Å². The number of benzene rings is 2. The number of carbonyl (C=O) groups is 1. The van der Waals surface area contributed by atoms with Gasteiger partial charge in [-0.25, -0.2) is 4.98 Å². The normalized spacial score (nSPS) is 10.6. The van der Waals surface area contributed by atoms with E-state index >= 15 is 0 Å². The lowest BCUT2D eigenvalue weighted by molar-refractivity contribution is -0.131. The fourth-order valence-corrected chi connectivity index (χ4v) is 2.06. The van der Waals surface area contributed by atoms with E-state index in [0.29, 0.717) is 17.1 Å². The zero-order chi connectivity index (χ0) is 14.8. The standard InChI is InChI=1S/C16H13N3O2/c1-10-7-8-15(21-11(2)20)12(9-10)16-17-13-5-3-4-6-14(13)18-19-16/h3-9H,1-2H3. The van der Waals surface area contributed by atoms with E-state index in [1.807, 2.05) is 43.3 Å². The van der Waals surface area contributed by atoms with Gasteiger partial charge in [0.15, 0.2) is 5.82 Å². The Kier molecular flexibility index (Phi) is 3.31. The molecule has 0 unspecified atom stereocenters. The van der Waals surface area contributed by atoms with E-state index in [-0.39, 0.29) is 5.97 Å². The van der Waals surface area contributed by atoms with Crippen LogP contribution in [0.2, 0.25) is 0 Å². The summed E-state index contributed by atoms with van der Waals surface area (Å²) >= 11 is 0. The molecule has 3 rings (SSSR count). The molecular formula is C16H13N3O2. The van der Waals surface area contributed by atoms with Gasteiger partial charge in [-0.1, -0.05) is 23.8 Å². The van der Waals surface area contributed by atoms with E-state index in [0.717, 1.165) is 16.6 Å². The number of carbonyl (C=O) groups excluding carboxylic acids is 1. The van der Waals surface area contributed by atoms with E-state index in [2.05, 4.69) is 15.2 Å². The fraction of sp³-hybridized carbons (Fsp3) is 0.125. The lowest BCUT2D eigenvalue weighted by Crippen LogP contribution is -2.04. The second-order valence-corrected chi connectivity index (χ2v) is 4.72. The number of aryl methyl sites for hydroxylation is 1. The van der Waals surface area contributed by atoms with Gasteiger partial charge in [0, 0.05) is 6.92 Å². The molecule has 1 heterocycles. The zero-order valence-corrected chi connectivity index (χ0v) is 11.7. The van der Waals surface area contributed by atoms with Crippen LogP contribution in [0.4, 0.5) is 0 Å². The van der Waals surface area contributed by atoms with Crippen molar-refractivity contribution in [1.29, 1.82) is 0 Å². The molecule has 0 aliphatic heterocycles. The first kappa shape index (κ1) is 13.2. The van der Waals surface area contributed by atoms with Gasteiger partial charge in [-0.3, -0.25) is 4.79 Å². The second-order valence-electron chi connectivity index (χ2n) is 4.72. The molecule has 0 saturated heterocycles. The summed E-state index contributed by atoms with van der Waals surface area (Å²) in [6.07, 6.45) is 0. The Morgan fingerprint density at radius 1 is 1.05 bits per heavy atom. The summed E-state index contributed by atoms with van der Waals surface area (Å²) in [6.45, 7) is 3.32. The van der Waals surface area contributed by atoms with E-state index in [9.17, 15) is 4.79 Å². The third kappa shape index (κ3) is 2.72. The molecule has 5 heteroatoms. The van der Waals surface area contributed by atoms with Gasteiger partial charge in [-0.15, -0.1) is 10.2 Å². The van der Waals surface area contributed by atoms with Crippen LogP contribution in [-0.2, 0) is 4.79 Å². The number of aromatic nitrogens is 3. The van der Waals surface area contributed by atoms with Crippen LogP contribution in [0.15, 0.2) is 42.5 Å². The molecule has 3 aromatic rings. The van der Waals surface area contributed by atoms with Crippen LogP contribution in [0, 0.1) is 6.92 Å². The van der Waals surface area contributed by atoms with Crippen molar-refractivity contribution in [3.8, 4) is 17.1 Å². The number of fused-ring (bicyclic) bond motifs is 1. The predicted octanol–water partition coefficient (Wildman–Crippen LogP) is 2.93. The number of ether oxygens (including phenoxy) is 1. The molecule has 2 aromatic carbocycles. The van der Waals surface area contributed by atoms with Crippen LogP contribution in [0.5, 0.6) is 5.75 Å². The lowest BCUT2D eigenvalue weighted by atomic mass is 10.1. The molecule has 0 radical (unpaired) electrons. The fourth-order valence-electron chi connectivity index (χ4n) is 2.06. The monoisotopic (exact) mass is 279 g/mol. The van der Waals surface area contributed by atoms with Crippen molar-refractivity contribution in [2.24, 2.45) is 0 Å². The highest BCUT2D eigenvalue weighted by molar-refractivity contribution is 5.78. The highest BCUT2D eigenvalue weighted by atomic mass is 16.5. The molecule has 0 fully saturated rings. The number of hydrogen-bond donors (Lipinski definition) is 0. The first-order valence-electron chi connectivity index (χ1n) is 6.52. The van der Waals surface area contributed by atoms with Gasteiger partial charge < -0.3 is 4.74 Å². The van der Waals surface area contributed by atoms with Crippen LogP contribution >= 0.6 is 0 Å². The maximum Gasteiger partial charge on any atom is 0.308 e. The lowest BCUT2D eigenvalue weighted by Gasteiger charge is -2.09. The van der Waals surface area contributed by atoms with Crippen molar-refractivity contribution in [2.75, 3.05) is 0 Å². The Labute approximate surface area is 121 Å². The molecule has 0 atom stereocenters. The third-order valence-electron chi connectivity index (χ3n) is 2.99. The molecule has 0 aliphatic rings. The van der Waals surface area contributed by atoms with Gasteiger partial charge >= 0.3 is 5.97 Å². The smallest absolute Gasteiger partial charge is 0.308 e. The Morgan fingerprint density at radius 3 is 2.57 bits per heavy atom. The summed E-state index contributed by atoms with van der Waals surface area (Å²) in [5.74, 6) is 0.493. The minimum atomic E-state index is -0.381. The Bertz CT molecular complexity index is 831. The predicted molar refractivity (Wildman–Crippen MR) is 78.8 cm³/mol. The van der Waals surface area contributed by atoms with Crippen LogP contribution in [0.3, 0.4) is 0 Å². The average molecular weight is 279 g/mol. The van der Waals surface area contributed by atoms with Gasteiger partial charge in [0.05, 0.1) is 11.1 Å². The quantitative estimate of drug-likeness (QED) is 0.533. The van der Waals surface area contributed by atoms with E-state index in [4.69, 9.17) is 4.74 Å². The van der Waals surface area contributed by atoms with Crippen molar-refractivity contribution in [2.45, 2.75) is 13.8 Å². The average Bonchev–Trinajstić information content (AvgIpc) is 2.48. The van der Waals surface area contributed by atoms with E-state index in [1.54, 1.807) is 6.07 Å². The van der Waals surface area contributed by atoms with Gasteiger partial charge in [0.25, 0.3) is 0 Å². The second kappa shape index (κ2) is 5.28. The van der Waals surface area contributed by atoms with Crippen LogP contribution in [0.1, 0.15) is 12.5 Å². The van der Waals surface area contributed by atoms with Crippen molar-refractivity contribution >= 4 is 17.0 Å². The number of rotatable bonds is 2. The van der Waals surface area contributed by atoms with Gasteiger partial charge in [-0.2, -0.15) is 0 Å². The maximum absolute atomic E-state index is 11.2. The molecular weight excluding hydrogens is 266 g/mol. The number of nitrogens with zero attached hydrogens (tertiary/aromatic N) is 3. The molecule has 104 valence electrons. The maximum atomic E-state index is 11.2. The molecule has 0 bridgehead atoms. The summed E-state index contributed by atoms with van der Waals surface area (Å²) in [6, 6.07) is 13.0. The first-order chi connectivity index (χ1) is 10.1. The van der Waals surface area contributed by atoms with Crippen LogP contribution in [0.25, 0.3) is 22.4 Å². The van der Waals surface area contributed by atoms with Crippen molar-refractivity contribution in [3.05, 3.63) is 48.0 Å². The third-order valence-corrected chi connectivity index (χ3v) is 2.99. The minimum absolute atomic E-state index is 0.381. The summed E-state index contributed by atoms with van der Waals surface area (Å²) in [5.41, 5.74) is 3.15. The molecule has 1 aromatic heterocycles. The Morgan fingerprint density at radius 2 is 1.81 bits per heavy atom. The van der Waals surface area contributed by atoms with Gasteiger partial charge in [-0.05, 0) is 31.2 Å². The SMILES string of the molecule is CC(=O)Oc1ccc(C)cc1-c1nnc2ccccc2n1. The van der Waals surface area contributed by atoms with E-state index in [1.165, 1.54) is 6.92 Å². The summed E-state index contributed by atoms with van der Waals surface area (Å²) in [5, 5.41) is 8.29. The zero-order valence-electron chi connectivity index (χ0n) is 11.7. The molecule has 0 spiro atoms. The van der Waals surface area contributed by atoms with Crippen molar-refractivity contribution in [3.63, 3.8) is 0 Å². The van der Waals surface area contributed by atoms with E-state index < -0.39 is 0 Å². The largest absolute Gasteiger partial charge is 0.426 e. The minimum Gasteiger partial charge on any atom is -0.426 e. The molecule has 0 saturated carbocycles. The Hall–Kier alpha value is -2.82. The molecule has 5 nitrogen and oxygen atoms in total. The summed E-state index contributed by atoms with van der Waals surface area (Å²) in [7, 11) is 0. The van der Waals surface area contributed by atoms with Crippen molar-refractivity contribution in [1.82, 2.24) is 15.2 Å². The van der Waals surface area contributed by atoms with Crippen LogP contribution in [-0.4, -0.2) is 21.2 Å². The molecule has 0 amide bonds. The van der Waals surface area contributed by atoms with Crippen LogP contribution < -0.4 is 4.74 Å². The van der Waals surface area contributed by atoms with Crippen molar-refractivity contribution < 1.29 is 9.53 Å². The molecule has 21 heavy (non-hydrogen) atoms. The topological polar surface area (TPSA) is 65.0 Å². The highest BCUT2D eigenvalue weighted by Crippen LogP contribution is 2.29. The Balaban J connectivity index is 2.16. The number of hydrogen-bond acceptors (Lipinski definition) is 5. The molecule has 0 aliphatic carbocycles.